The molecule has 0 radical (unpaired) electrons. The van der Waals surface area contributed by atoms with Gasteiger partial charge in [-0.05, 0) is 50.2 Å². The molecule has 0 fully saturated rings. The number of alkyl halides is 3. The summed E-state index contributed by atoms with van der Waals surface area (Å²) in [5.74, 6) is -0.191. The number of carbonyl (C=O) groups excluding carboxylic acids is 1. The summed E-state index contributed by atoms with van der Waals surface area (Å²) in [4.78, 5) is 12.4. The Balaban J connectivity index is 2.29. The van der Waals surface area contributed by atoms with Crippen LogP contribution in [-0.2, 0) is 6.18 Å². The van der Waals surface area contributed by atoms with Gasteiger partial charge in [-0.25, -0.2) is 0 Å². The molecule has 1 amide bonds. The average Bonchev–Trinajstić information content (AvgIpc) is 2.48. The fourth-order valence-electron chi connectivity index (χ4n) is 2.01. The molecule has 0 aliphatic heterocycles. The zero-order valence-corrected chi connectivity index (χ0v) is 14.5. The molecule has 2 aromatic rings. The molecule has 3 nitrogen and oxygen atoms in total. The van der Waals surface area contributed by atoms with E-state index in [9.17, 15) is 18.0 Å². The minimum absolute atomic E-state index is 0.0605. The first-order valence-corrected chi connectivity index (χ1v) is 7.91. The number of carbonyl (C=O) groups is 1. The van der Waals surface area contributed by atoms with Gasteiger partial charge >= 0.3 is 6.18 Å². The molecule has 0 atom stereocenters. The Morgan fingerprint density at radius 1 is 1.17 bits per heavy atom. The first-order valence-electron chi connectivity index (χ1n) is 7.11. The first-order chi connectivity index (χ1) is 11.2. The fourth-order valence-corrected chi connectivity index (χ4v) is 2.37. The van der Waals surface area contributed by atoms with Gasteiger partial charge < -0.3 is 10.1 Å². The smallest absolute Gasteiger partial charge is 0.416 e. The highest BCUT2D eigenvalue weighted by molar-refractivity contribution is 9.10. The van der Waals surface area contributed by atoms with E-state index in [-0.39, 0.29) is 17.4 Å². The zero-order chi connectivity index (χ0) is 17.9. The molecular weight excluding hydrogens is 387 g/mol. The molecule has 0 saturated carbocycles. The van der Waals surface area contributed by atoms with Crippen molar-refractivity contribution in [1.82, 2.24) is 0 Å². The minimum Gasteiger partial charge on any atom is -0.490 e. The zero-order valence-electron chi connectivity index (χ0n) is 12.9. The van der Waals surface area contributed by atoms with E-state index in [1.165, 1.54) is 12.1 Å². The molecule has 24 heavy (non-hydrogen) atoms. The SMILES string of the molecule is CC(C)Oc1ccc(Br)cc1C(=O)Nc1cccc(C(F)(F)F)c1. The topological polar surface area (TPSA) is 38.3 Å². The molecule has 0 aromatic heterocycles. The molecule has 2 rings (SSSR count). The van der Waals surface area contributed by atoms with E-state index in [4.69, 9.17) is 4.74 Å². The van der Waals surface area contributed by atoms with Gasteiger partial charge in [0.15, 0.2) is 0 Å². The van der Waals surface area contributed by atoms with Gasteiger partial charge in [0.1, 0.15) is 5.75 Å². The average molecular weight is 402 g/mol. The van der Waals surface area contributed by atoms with Gasteiger partial charge in [-0.15, -0.1) is 0 Å². The number of anilines is 1. The molecular formula is C17H15BrF3NO2. The second-order valence-corrected chi connectivity index (χ2v) is 6.26. The summed E-state index contributed by atoms with van der Waals surface area (Å²) in [7, 11) is 0. The first kappa shape index (κ1) is 18.3. The summed E-state index contributed by atoms with van der Waals surface area (Å²) >= 11 is 3.27. The molecule has 0 unspecified atom stereocenters. The molecule has 0 aliphatic carbocycles. The number of halogens is 4. The van der Waals surface area contributed by atoms with Crippen LogP contribution in [0.3, 0.4) is 0 Å². The predicted molar refractivity (Wildman–Crippen MR) is 89.3 cm³/mol. The third-order valence-corrected chi connectivity index (χ3v) is 3.49. The molecule has 1 N–H and O–H groups in total. The molecule has 128 valence electrons. The summed E-state index contributed by atoms with van der Waals surface area (Å²) in [6.45, 7) is 3.63. The van der Waals surface area contributed by atoms with Gasteiger partial charge in [0.05, 0.1) is 17.2 Å². The number of benzene rings is 2. The Morgan fingerprint density at radius 2 is 1.88 bits per heavy atom. The van der Waals surface area contributed by atoms with Crippen LogP contribution < -0.4 is 10.1 Å². The molecule has 0 saturated heterocycles. The highest BCUT2D eigenvalue weighted by Crippen LogP contribution is 2.31. The van der Waals surface area contributed by atoms with Crippen LogP contribution in [0.15, 0.2) is 46.9 Å². The molecule has 0 spiro atoms. The number of hydrogen-bond acceptors (Lipinski definition) is 2. The van der Waals surface area contributed by atoms with Gasteiger partial charge in [0.2, 0.25) is 0 Å². The van der Waals surface area contributed by atoms with Crippen molar-refractivity contribution in [3.05, 3.63) is 58.1 Å². The van der Waals surface area contributed by atoms with Crippen LogP contribution in [0.1, 0.15) is 29.8 Å². The van der Waals surface area contributed by atoms with Gasteiger partial charge in [-0.3, -0.25) is 4.79 Å². The van der Waals surface area contributed by atoms with Crippen LogP contribution in [0.2, 0.25) is 0 Å². The van der Waals surface area contributed by atoms with E-state index in [0.29, 0.717) is 10.2 Å². The summed E-state index contributed by atoms with van der Waals surface area (Å²) in [6.07, 6.45) is -4.62. The Hall–Kier alpha value is -2.02. The Kier molecular flexibility index (Phi) is 5.54. The van der Waals surface area contributed by atoms with Gasteiger partial charge in [-0.2, -0.15) is 13.2 Å². The van der Waals surface area contributed by atoms with Gasteiger partial charge in [-0.1, -0.05) is 22.0 Å². The van der Waals surface area contributed by atoms with Crippen LogP contribution in [0.5, 0.6) is 5.75 Å². The largest absolute Gasteiger partial charge is 0.490 e. The molecule has 7 heteroatoms. The third-order valence-electron chi connectivity index (χ3n) is 3.00. The van der Waals surface area contributed by atoms with Crippen molar-refractivity contribution in [2.24, 2.45) is 0 Å². The molecule has 0 heterocycles. The number of hydrogen-bond donors (Lipinski definition) is 1. The number of rotatable bonds is 4. The van der Waals surface area contributed by atoms with E-state index in [2.05, 4.69) is 21.2 Å². The highest BCUT2D eigenvalue weighted by Gasteiger charge is 2.30. The Morgan fingerprint density at radius 3 is 2.50 bits per heavy atom. The van der Waals surface area contributed by atoms with Crippen LogP contribution >= 0.6 is 15.9 Å². The normalized spacial score (nSPS) is 11.5. The van der Waals surface area contributed by atoms with Crippen molar-refractivity contribution in [3.8, 4) is 5.75 Å². The summed E-state index contributed by atoms with van der Waals surface area (Å²) in [6, 6.07) is 9.38. The van der Waals surface area contributed by atoms with Crippen LogP contribution in [0, 0.1) is 0 Å². The number of ether oxygens (including phenoxy) is 1. The van der Waals surface area contributed by atoms with Crippen molar-refractivity contribution in [1.29, 1.82) is 0 Å². The monoisotopic (exact) mass is 401 g/mol. The van der Waals surface area contributed by atoms with Crippen LogP contribution in [-0.4, -0.2) is 12.0 Å². The third kappa shape index (κ3) is 4.74. The Labute approximate surface area is 146 Å². The maximum Gasteiger partial charge on any atom is 0.416 e. The standard InChI is InChI=1S/C17H15BrF3NO2/c1-10(2)24-15-7-6-12(18)9-14(15)16(23)22-13-5-3-4-11(8-13)17(19,20)21/h3-10H,1-2H3,(H,22,23). The Bertz CT molecular complexity index is 745. The second kappa shape index (κ2) is 7.25. The van der Waals surface area contributed by atoms with E-state index >= 15 is 0 Å². The van der Waals surface area contributed by atoms with Gasteiger partial charge in [0, 0.05) is 10.2 Å². The lowest BCUT2D eigenvalue weighted by atomic mass is 10.1. The second-order valence-electron chi connectivity index (χ2n) is 5.34. The van der Waals surface area contributed by atoms with Crippen molar-refractivity contribution in [3.63, 3.8) is 0 Å². The van der Waals surface area contributed by atoms with Crippen molar-refractivity contribution in [2.75, 3.05) is 5.32 Å². The molecule has 0 bridgehead atoms. The number of amides is 1. The van der Waals surface area contributed by atoms with E-state index < -0.39 is 17.6 Å². The van der Waals surface area contributed by atoms with Crippen molar-refractivity contribution in [2.45, 2.75) is 26.1 Å². The van der Waals surface area contributed by atoms with Crippen LogP contribution in [0.4, 0.5) is 18.9 Å². The maximum absolute atomic E-state index is 12.7. The van der Waals surface area contributed by atoms with E-state index in [1.54, 1.807) is 18.2 Å². The predicted octanol–water partition coefficient (Wildman–Crippen LogP) is 5.51. The molecule has 2 aromatic carbocycles. The highest BCUT2D eigenvalue weighted by atomic mass is 79.9. The van der Waals surface area contributed by atoms with E-state index in [0.717, 1.165) is 12.1 Å². The maximum atomic E-state index is 12.7. The van der Waals surface area contributed by atoms with Crippen LogP contribution in [0.25, 0.3) is 0 Å². The van der Waals surface area contributed by atoms with E-state index in [1.807, 2.05) is 13.8 Å². The summed E-state index contributed by atoms with van der Waals surface area (Å²) < 4.78 is 44.5. The van der Waals surface area contributed by atoms with Crippen molar-refractivity contribution < 1.29 is 22.7 Å². The summed E-state index contributed by atoms with van der Waals surface area (Å²) in [5, 5.41) is 2.47. The quantitative estimate of drug-likeness (QED) is 0.733. The minimum atomic E-state index is -4.47. The number of nitrogens with one attached hydrogen (secondary N) is 1. The lowest BCUT2D eigenvalue weighted by Crippen LogP contribution is -2.16. The van der Waals surface area contributed by atoms with Gasteiger partial charge in [0.25, 0.3) is 5.91 Å². The molecule has 0 aliphatic rings. The lowest BCUT2D eigenvalue weighted by Gasteiger charge is -2.15. The van der Waals surface area contributed by atoms with Crippen molar-refractivity contribution >= 4 is 27.5 Å². The lowest BCUT2D eigenvalue weighted by molar-refractivity contribution is -0.137. The fraction of sp³-hybridized carbons (Fsp3) is 0.235. The summed E-state index contributed by atoms with van der Waals surface area (Å²) in [5.41, 5.74) is -0.533.